The van der Waals surface area contributed by atoms with Crippen LogP contribution in [0.3, 0.4) is 0 Å². The van der Waals surface area contributed by atoms with Gasteiger partial charge in [0.25, 0.3) is 0 Å². The number of carboxylic acids is 2. The normalized spacial score (nSPS) is 10.5. The van der Waals surface area contributed by atoms with E-state index in [1.165, 1.54) is 42.6 Å². The van der Waals surface area contributed by atoms with Gasteiger partial charge in [-0.05, 0) is 30.5 Å². The summed E-state index contributed by atoms with van der Waals surface area (Å²) >= 11 is 0. The molecule has 0 unspecified atom stereocenters. The highest BCUT2D eigenvalue weighted by molar-refractivity contribution is 5.79. The lowest BCUT2D eigenvalue weighted by molar-refractivity contribution is -0.136. The molecule has 0 fully saturated rings. The van der Waals surface area contributed by atoms with Crippen molar-refractivity contribution in [3.05, 3.63) is 29.8 Å². The van der Waals surface area contributed by atoms with Crippen molar-refractivity contribution in [1.29, 1.82) is 0 Å². The number of benzene rings is 1. The lowest BCUT2D eigenvalue weighted by Gasteiger charge is -2.20. The topological polar surface area (TPSA) is 77.8 Å². The molecule has 5 nitrogen and oxygen atoms in total. The molecule has 1 aromatic carbocycles. The lowest BCUT2D eigenvalue weighted by atomic mass is 10.0. The average molecular weight is 321 g/mol. The summed E-state index contributed by atoms with van der Waals surface area (Å²) in [5.74, 6) is -2.08. The zero-order chi connectivity index (χ0) is 17.1. The molecule has 5 heteroatoms. The Labute approximate surface area is 137 Å². The molecule has 0 radical (unpaired) electrons. The molecule has 0 spiro atoms. The van der Waals surface area contributed by atoms with Gasteiger partial charge in [-0.25, -0.2) is 0 Å². The molecule has 0 aromatic heterocycles. The van der Waals surface area contributed by atoms with Gasteiger partial charge in [-0.2, -0.15) is 0 Å². The van der Waals surface area contributed by atoms with Crippen LogP contribution in [0.15, 0.2) is 24.3 Å². The molecule has 0 aliphatic rings. The highest BCUT2D eigenvalue weighted by atomic mass is 16.4. The quantitative estimate of drug-likeness (QED) is 0.576. The molecule has 0 saturated carbocycles. The molecule has 2 N–H and O–H groups in total. The van der Waals surface area contributed by atoms with Crippen LogP contribution in [-0.2, 0) is 16.0 Å². The number of aliphatic carboxylic acids is 2. The molecule has 0 aliphatic carbocycles. The van der Waals surface area contributed by atoms with E-state index < -0.39 is 11.9 Å². The second kappa shape index (κ2) is 10.6. The van der Waals surface area contributed by atoms with Crippen molar-refractivity contribution >= 4 is 17.6 Å². The minimum absolute atomic E-state index is 0.316. The minimum Gasteiger partial charge on any atom is -0.480 e. The maximum atomic E-state index is 10.8. The van der Waals surface area contributed by atoms with Crippen molar-refractivity contribution in [2.75, 3.05) is 18.0 Å². The van der Waals surface area contributed by atoms with Crippen LogP contribution in [0.1, 0.15) is 51.0 Å². The third-order valence-corrected chi connectivity index (χ3v) is 3.77. The Hall–Kier alpha value is -2.04. The Morgan fingerprint density at radius 1 is 0.870 bits per heavy atom. The van der Waals surface area contributed by atoms with Crippen LogP contribution in [0, 0.1) is 0 Å². The van der Waals surface area contributed by atoms with Gasteiger partial charge in [0, 0.05) is 5.69 Å². The molecule has 0 bridgehead atoms. The number of hydrogen-bond donors (Lipinski definition) is 2. The van der Waals surface area contributed by atoms with Crippen LogP contribution in [0.2, 0.25) is 0 Å². The van der Waals surface area contributed by atoms with E-state index in [4.69, 9.17) is 10.2 Å². The Kier molecular flexibility index (Phi) is 8.80. The average Bonchev–Trinajstić information content (AvgIpc) is 2.50. The Bertz CT molecular complexity index is 468. The largest absolute Gasteiger partial charge is 0.480 e. The van der Waals surface area contributed by atoms with E-state index >= 15 is 0 Å². The maximum absolute atomic E-state index is 10.8. The summed E-state index contributed by atoms with van der Waals surface area (Å²) in [6.45, 7) is 1.58. The number of anilines is 1. The zero-order valence-corrected chi connectivity index (χ0v) is 13.8. The maximum Gasteiger partial charge on any atom is 0.323 e. The SMILES string of the molecule is CCCCCCCCc1ccc(N(CC(=O)O)CC(=O)O)cc1. The fourth-order valence-electron chi connectivity index (χ4n) is 2.55. The van der Waals surface area contributed by atoms with Crippen LogP contribution >= 0.6 is 0 Å². The van der Waals surface area contributed by atoms with Gasteiger partial charge >= 0.3 is 11.9 Å². The van der Waals surface area contributed by atoms with Crippen LogP contribution in [0.25, 0.3) is 0 Å². The van der Waals surface area contributed by atoms with Crippen molar-refractivity contribution in [2.45, 2.75) is 51.9 Å². The summed E-state index contributed by atoms with van der Waals surface area (Å²) in [7, 11) is 0. The highest BCUT2D eigenvalue weighted by Gasteiger charge is 2.14. The minimum atomic E-state index is -1.04. The van der Waals surface area contributed by atoms with Gasteiger partial charge < -0.3 is 15.1 Å². The predicted molar refractivity (Wildman–Crippen MR) is 91.0 cm³/mol. The van der Waals surface area contributed by atoms with E-state index in [-0.39, 0.29) is 13.1 Å². The van der Waals surface area contributed by atoms with E-state index in [2.05, 4.69) is 6.92 Å². The molecule has 0 atom stereocenters. The molecular weight excluding hydrogens is 294 g/mol. The van der Waals surface area contributed by atoms with E-state index in [9.17, 15) is 9.59 Å². The molecular formula is C18H27NO4. The molecule has 23 heavy (non-hydrogen) atoms. The second-order valence-electron chi connectivity index (χ2n) is 5.83. The van der Waals surface area contributed by atoms with Crippen molar-refractivity contribution in [1.82, 2.24) is 0 Å². The number of rotatable bonds is 12. The van der Waals surface area contributed by atoms with Gasteiger partial charge in [0.05, 0.1) is 0 Å². The standard InChI is InChI=1S/C18H27NO4/c1-2-3-4-5-6-7-8-15-9-11-16(12-10-15)19(13-17(20)21)14-18(22)23/h9-12H,2-8,13-14H2,1H3,(H,20,21)(H,22,23). The second-order valence-corrected chi connectivity index (χ2v) is 5.83. The van der Waals surface area contributed by atoms with Gasteiger partial charge in [-0.1, -0.05) is 51.2 Å². The molecule has 128 valence electrons. The fraction of sp³-hybridized carbons (Fsp3) is 0.556. The number of aryl methyl sites for hydroxylation is 1. The summed E-state index contributed by atoms with van der Waals surface area (Å²) in [4.78, 5) is 23.0. The van der Waals surface area contributed by atoms with Crippen molar-refractivity contribution in [2.24, 2.45) is 0 Å². The van der Waals surface area contributed by atoms with E-state index in [0.717, 1.165) is 12.8 Å². The van der Waals surface area contributed by atoms with Gasteiger partial charge in [0.15, 0.2) is 0 Å². The molecule has 1 rings (SSSR count). The Balaban J connectivity index is 2.49. The monoisotopic (exact) mass is 321 g/mol. The van der Waals surface area contributed by atoms with Crippen LogP contribution in [0.4, 0.5) is 5.69 Å². The van der Waals surface area contributed by atoms with Gasteiger partial charge in [0.2, 0.25) is 0 Å². The first kappa shape index (κ1) is 19.0. The van der Waals surface area contributed by atoms with Crippen LogP contribution < -0.4 is 4.90 Å². The van der Waals surface area contributed by atoms with Crippen molar-refractivity contribution in [3.63, 3.8) is 0 Å². The first-order chi connectivity index (χ1) is 11.0. The molecule has 0 heterocycles. The number of carboxylic acid groups (broad SMARTS) is 2. The Morgan fingerprint density at radius 3 is 1.91 bits per heavy atom. The number of nitrogens with zero attached hydrogens (tertiary/aromatic N) is 1. The Morgan fingerprint density at radius 2 is 1.39 bits per heavy atom. The van der Waals surface area contributed by atoms with Crippen LogP contribution in [-0.4, -0.2) is 35.2 Å². The van der Waals surface area contributed by atoms with E-state index in [1.54, 1.807) is 12.1 Å². The molecule has 0 saturated heterocycles. The molecule has 1 aromatic rings. The zero-order valence-electron chi connectivity index (χ0n) is 13.8. The third kappa shape index (κ3) is 8.24. The van der Waals surface area contributed by atoms with Gasteiger partial charge in [-0.15, -0.1) is 0 Å². The van der Waals surface area contributed by atoms with Crippen LogP contribution in [0.5, 0.6) is 0 Å². The summed E-state index contributed by atoms with van der Waals surface area (Å²) in [5.41, 5.74) is 1.83. The predicted octanol–water partition coefficient (Wildman–Crippen LogP) is 3.57. The fourth-order valence-corrected chi connectivity index (χ4v) is 2.55. The molecule has 0 amide bonds. The summed E-state index contributed by atoms with van der Waals surface area (Å²) < 4.78 is 0. The van der Waals surface area contributed by atoms with E-state index in [0.29, 0.717) is 5.69 Å². The number of carbonyl (C=O) groups is 2. The molecule has 0 aliphatic heterocycles. The summed E-state index contributed by atoms with van der Waals surface area (Å²) in [5, 5.41) is 17.8. The number of unbranched alkanes of at least 4 members (excludes halogenated alkanes) is 5. The highest BCUT2D eigenvalue weighted by Crippen LogP contribution is 2.17. The summed E-state index contributed by atoms with van der Waals surface area (Å²) in [6.07, 6.45) is 8.52. The van der Waals surface area contributed by atoms with Gasteiger partial charge in [0.1, 0.15) is 13.1 Å². The summed E-state index contributed by atoms with van der Waals surface area (Å²) in [6, 6.07) is 7.52. The van der Waals surface area contributed by atoms with Crippen molar-refractivity contribution in [3.8, 4) is 0 Å². The third-order valence-electron chi connectivity index (χ3n) is 3.77. The smallest absolute Gasteiger partial charge is 0.323 e. The van der Waals surface area contributed by atoms with Gasteiger partial charge in [-0.3, -0.25) is 9.59 Å². The van der Waals surface area contributed by atoms with E-state index in [1.807, 2.05) is 12.1 Å². The lowest BCUT2D eigenvalue weighted by Crippen LogP contribution is -2.34. The first-order valence-corrected chi connectivity index (χ1v) is 8.30. The van der Waals surface area contributed by atoms with Crippen molar-refractivity contribution < 1.29 is 19.8 Å². The number of hydrogen-bond acceptors (Lipinski definition) is 3. The first-order valence-electron chi connectivity index (χ1n) is 8.30.